The summed E-state index contributed by atoms with van der Waals surface area (Å²) in [6, 6.07) is 0. The minimum Gasteiger partial charge on any atom is -0.462 e. The standard InChI is InChI=1S/C68H113O11P/c1-4-7-10-13-16-19-22-25-28-30-32-34-37-40-43-46-49-52-55-58-67(71)78-64(60-69)62-76-80(73,74)77-63-65(61-75-66(70)57-54-51-48-45-42-39-36-27-24-21-18-15-12-9-6-3)79-68(72)59-56-53-50-47-44-41-38-35-33-31-29-26-23-20-17-14-11-8-5-2/h9,12,16-21,25-29,32-36,42,45,64-65,69H,4-8,10-11,13-15,22-24,30-31,37-41,43-44,46-63H2,1-3H3,(H,73,74)/b12-9-,19-16-,20-17-,21-18-,28-25-,29-26-,34-32-,35-33-,36-27-,45-42-. The Balaban J connectivity index is 4.78. The van der Waals surface area contributed by atoms with Crippen LogP contribution >= 0.6 is 7.82 Å². The molecule has 3 unspecified atom stereocenters. The molecule has 0 fully saturated rings. The van der Waals surface area contributed by atoms with Crippen molar-refractivity contribution in [1.29, 1.82) is 0 Å². The quantitative estimate of drug-likeness (QED) is 0.0197. The number of esters is 3. The van der Waals surface area contributed by atoms with Crippen molar-refractivity contribution in [3.05, 3.63) is 122 Å². The Labute approximate surface area is 487 Å². The highest BCUT2D eigenvalue weighted by Crippen LogP contribution is 2.43. The molecule has 0 aromatic carbocycles. The Morgan fingerprint density at radius 3 is 1.02 bits per heavy atom. The van der Waals surface area contributed by atoms with Gasteiger partial charge in [-0.25, -0.2) is 4.57 Å². The number of aliphatic hydroxyl groups is 1. The summed E-state index contributed by atoms with van der Waals surface area (Å²) in [5, 5.41) is 9.85. The molecule has 2 N–H and O–H groups in total. The lowest BCUT2D eigenvalue weighted by atomic mass is 10.1. The molecule has 0 rings (SSSR count). The molecule has 0 radical (unpaired) electrons. The average Bonchev–Trinajstić information content (AvgIpc) is 3.45. The number of rotatable bonds is 57. The van der Waals surface area contributed by atoms with Crippen LogP contribution < -0.4 is 0 Å². The van der Waals surface area contributed by atoms with Crippen LogP contribution in [0.15, 0.2) is 122 Å². The molecule has 0 bridgehead atoms. The molecule has 0 heterocycles. The van der Waals surface area contributed by atoms with Crippen molar-refractivity contribution in [2.75, 3.05) is 26.4 Å². The largest absolute Gasteiger partial charge is 0.472 e. The van der Waals surface area contributed by atoms with Crippen LogP contribution in [0.25, 0.3) is 0 Å². The number of aliphatic hydroxyl groups excluding tert-OH is 1. The van der Waals surface area contributed by atoms with E-state index in [2.05, 4.69) is 142 Å². The van der Waals surface area contributed by atoms with Gasteiger partial charge in [-0.15, -0.1) is 0 Å². The van der Waals surface area contributed by atoms with E-state index in [1.807, 2.05) is 0 Å². The first-order valence-corrected chi connectivity index (χ1v) is 32.9. The second kappa shape index (κ2) is 61.0. The van der Waals surface area contributed by atoms with Crippen LogP contribution in [0.5, 0.6) is 0 Å². The summed E-state index contributed by atoms with van der Waals surface area (Å²) < 4.78 is 39.6. The minimum absolute atomic E-state index is 0.137. The normalized spacial score (nSPS) is 14.1. The third-order valence-corrected chi connectivity index (χ3v) is 13.8. The van der Waals surface area contributed by atoms with Crippen LogP contribution in [0.2, 0.25) is 0 Å². The number of phosphoric acid groups is 1. The zero-order valence-electron chi connectivity index (χ0n) is 50.5. The molecule has 0 aromatic heterocycles. The fraction of sp³-hybridized carbons (Fsp3) is 0.662. The predicted octanol–water partition coefficient (Wildman–Crippen LogP) is 19.1. The monoisotopic (exact) mass is 1140 g/mol. The molecule has 0 amide bonds. The molecule has 0 saturated carbocycles. The first-order chi connectivity index (χ1) is 39.2. The van der Waals surface area contributed by atoms with Gasteiger partial charge in [-0.3, -0.25) is 23.4 Å². The average molecular weight is 1140 g/mol. The summed E-state index contributed by atoms with van der Waals surface area (Å²) in [7, 11) is -4.78. The number of phosphoric ester groups is 1. The minimum atomic E-state index is -4.78. The number of hydrogen-bond donors (Lipinski definition) is 2. The van der Waals surface area contributed by atoms with Crippen molar-refractivity contribution in [2.24, 2.45) is 0 Å². The van der Waals surface area contributed by atoms with Gasteiger partial charge in [0.2, 0.25) is 0 Å². The SMILES string of the molecule is CC/C=C\C/C=C\C/C=C\C/C=C\CCCCC(=O)OCC(COP(=O)(O)OCC(CO)OC(=O)CCCCCCCC/C=C\C/C=C\C/C=C\CCCCC)OC(=O)CCCCCCCC/C=C\C/C=C\C/C=C\CCCCC. The van der Waals surface area contributed by atoms with Crippen LogP contribution in [0, 0.1) is 0 Å². The first kappa shape index (κ1) is 75.9. The highest BCUT2D eigenvalue weighted by Gasteiger charge is 2.28. The number of carbonyl (C=O) groups excluding carboxylic acids is 3. The van der Waals surface area contributed by atoms with Crippen molar-refractivity contribution in [3.63, 3.8) is 0 Å². The maximum Gasteiger partial charge on any atom is 0.472 e. The lowest BCUT2D eigenvalue weighted by molar-refractivity contribution is -0.161. The van der Waals surface area contributed by atoms with Crippen LogP contribution in [0.3, 0.4) is 0 Å². The first-order valence-electron chi connectivity index (χ1n) is 31.4. The van der Waals surface area contributed by atoms with E-state index in [0.717, 1.165) is 141 Å². The van der Waals surface area contributed by atoms with E-state index in [4.69, 9.17) is 23.3 Å². The Kier molecular flexibility index (Phi) is 57.8. The summed E-state index contributed by atoms with van der Waals surface area (Å²) in [6.07, 6.45) is 75.7. The fourth-order valence-corrected chi connectivity index (χ4v) is 8.85. The number of unbranched alkanes of at least 4 members (excludes halogenated alkanes) is 20. The van der Waals surface area contributed by atoms with Crippen LogP contribution in [0.1, 0.15) is 252 Å². The van der Waals surface area contributed by atoms with Crippen molar-refractivity contribution in [1.82, 2.24) is 0 Å². The van der Waals surface area contributed by atoms with Gasteiger partial charge in [0.25, 0.3) is 0 Å². The number of carbonyl (C=O) groups is 3. The number of allylic oxidation sites excluding steroid dienone is 20. The second-order valence-electron chi connectivity index (χ2n) is 20.5. The third-order valence-electron chi connectivity index (χ3n) is 12.8. The van der Waals surface area contributed by atoms with Gasteiger partial charge >= 0.3 is 25.7 Å². The van der Waals surface area contributed by atoms with E-state index in [1.54, 1.807) is 0 Å². The molecule has 3 atom stereocenters. The van der Waals surface area contributed by atoms with E-state index in [-0.39, 0.29) is 25.9 Å². The Bertz CT molecular complexity index is 1800. The van der Waals surface area contributed by atoms with Gasteiger partial charge in [-0.05, 0) is 135 Å². The van der Waals surface area contributed by atoms with Gasteiger partial charge in [-0.1, -0.05) is 219 Å². The summed E-state index contributed by atoms with van der Waals surface area (Å²) in [5.74, 6) is -1.55. The predicted molar refractivity (Wildman–Crippen MR) is 334 cm³/mol. The van der Waals surface area contributed by atoms with Gasteiger partial charge in [0.05, 0.1) is 19.8 Å². The van der Waals surface area contributed by atoms with E-state index < -0.39 is 57.8 Å². The van der Waals surface area contributed by atoms with Crippen molar-refractivity contribution < 1.29 is 52.2 Å². The van der Waals surface area contributed by atoms with Gasteiger partial charge in [0.15, 0.2) is 6.10 Å². The van der Waals surface area contributed by atoms with Crippen molar-refractivity contribution in [2.45, 2.75) is 264 Å². The molecular weight excluding hydrogens is 1020 g/mol. The molecule has 0 aromatic rings. The van der Waals surface area contributed by atoms with Gasteiger partial charge < -0.3 is 24.2 Å². The molecule has 0 spiro atoms. The molecule has 0 aliphatic heterocycles. The summed E-state index contributed by atoms with van der Waals surface area (Å²) in [4.78, 5) is 48.7. The second-order valence-corrected chi connectivity index (χ2v) is 21.9. The summed E-state index contributed by atoms with van der Waals surface area (Å²) >= 11 is 0. The summed E-state index contributed by atoms with van der Waals surface area (Å²) in [6.45, 7) is 4.40. The van der Waals surface area contributed by atoms with Crippen LogP contribution in [-0.4, -0.2) is 66.5 Å². The highest BCUT2D eigenvalue weighted by molar-refractivity contribution is 7.47. The lowest BCUT2D eigenvalue weighted by Gasteiger charge is -2.21. The van der Waals surface area contributed by atoms with Gasteiger partial charge in [0, 0.05) is 19.3 Å². The molecule has 11 nitrogen and oxygen atoms in total. The topological polar surface area (TPSA) is 155 Å². The van der Waals surface area contributed by atoms with Crippen LogP contribution in [0.4, 0.5) is 0 Å². The summed E-state index contributed by atoms with van der Waals surface area (Å²) in [5.41, 5.74) is 0. The lowest BCUT2D eigenvalue weighted by Crippen LogP contribution is -2.30. The van der Waals surface area contributed by atoms with Crippen molar-refractivity contribution in [3.8, 4) is 0 Å². The van der Waals surface area contributed by atoms with E-state index in [0.29, 0.717) is 19.3 Å². The molecule has 80 heavy (non-hydrogen) atoms. The number of ether oxygens (including phenoxy) is 3. The molecule has 12 heteroatoms. The third kappa shape index (κ3) is 58.5. The van der Waals surface area contributed by atoms with E-state index in [9.17, 15) is 28.9 Å². The molecule has 0 aliphatic carbocycles. The zero-order chi connectivity index (χ0) is 58.3. The van der Waals surface area contributed by atoms with E-state index >= 15 is 0 Å². The Morgan fingerprint density at radius 1 is 0.362 bits per heavy atom. The Hall–Kier alpha value is -4.12. The Morgan fingerprint density at radius 2 is 0.650 bits per heavy atom. The molecule has 456 valence electrons. The number of hydrogen-bond acceptors (Lipinski definition) is 10. The zero-order valence-corrected chi connectivity index (χ0v) is 51.4. The molecule has 0 saturated heterocycles. The van der Waals surface area contributed by atoms with Gasteiger partial charge in [0.1, 0.15) is 12.7 Å². The maximum absolute atomic E-state index is 12.9. The van der Waals surface area contributed by atoms with E-state index in [1.165, 1.54) is 51.4 Å². The fourth-order valence-electron chi connectivity index (χ4n) is 8.07. The van der Waals surface area contributed by atoms with Gasteiger partial charge in [-0.2, -0.15) is 0 Å². The maximum atomic E-state index is 12.9. The smallest absolute Gasteiger partial charge is 0.462 e. The molecular formula is C68H113O11P. The molecule has 0 aliphatic rings. The van der Waals surface area contributed by atoms with Crippen molar-refractivity contribution >= 4 is 25.7 Å². The highest BCUT2D eigenvalue weighted by atomic mass is 31.2. The van der Waals surface area contributed by atoms with Crippen LogP contribution in [-0.2, 0) is 42.2 Å².